The molecule has 2 atom stereocenters. The van der Waals surface area contributed by atoms with Gasteiger partial charge < -0.3 is 0 Å². The van der Waals surface area contributed by atoms with Crippen LogP contribution in [-0.2, 0) is 4.79 Å². The Morgan fingerprint density at radius 3 is 2.92 bits per heavy atom. The van der Waals surface area contributed by atoms with Gasteiger partial charge in [-0.3, -0.25) is 4.79 Å². The van der Waals surface area contributed by atoms with Gasteiger partial charge in [-0.2, -0.15) is 0 Å². The van der Waals surface area contributed by atoms with Crippen LogP contribution in [-0.4, -0.2) is 5.78 Å². The van der Waals surface area contributed by atoms with E-state index in [0.29, 0.717) is 17.6 Å². The molecule has 2 aliphatic rings. The first-order chi connectivity index (χ1) is 6.33. The second-order valence-corrected chi connectivity index (χ2v) is 4.10. The van der Waals surface area contributed by atoms with Gasteiger partial charge in [-0.15, -0.1) is 6.58 Å². The van der Waals surface area contributed by atoms with E-state index in [1.807, 2.05) is 6.08 Å². The fourth-order valence-corrected chi connectivity index (χ4v) is 2.59. The van der Waals surface area contributed by atoms with Crippen molar-refractivity contribution in [1.82, 2.24) is 0 Å². The van der Waals surface area contributed by atoms with Gasteiger partial charge in [0.1, 0.15) is 0 Å². The Morgan fingerprint density at radius 1 is 1.46 bits per heavy atom. The van der Waals surface area contributed by atoms with Crippen LogP contribution in [0.25, 0.3) is 0 Å². The highest BCUT2D eigenvalue weighted by molar-refractivity contribution is 6.00. The molecule has 0 aromatic rings. The van der Waals surface area contributed by atoms with Crippen molar-refractivity contribution in [3.63, 3.8) is 0 Å². The Balaban J connectivity index is 2.14. The lowest BCUT2D eigenvalue weighted by atomic mass is 9.81. The van der Waals surface area contributed by atoms with Crippen LogP contribution < -0.4 is 0 Å². The van der Waals surface area contributed by atoms with E-state index in [9.17, 15) is 4.79 Å². The van der Waals surface area contributed by atoms with E-state index in [1.54, 1.807) is 0 Å². The van der Waals surface area contributed by atoms with Crippen molar-refractivity contribution in [3.8, 4) is 0 Å². The number of hydrogen-bond acceptors (Lipinski definition) is 1. The summed E-state index contributed by atoms with van der Waals surface area (Å²) < 4.78 is 0. The number of Topliss-reactive ketones (excluding diaryl/α,β-unsaturated/α-hetero) is 1. The Morgan fingerprint density at radius 2 is 2.23 bits per heavy atom. The van der Waals surface area contributed by atoms with Gasteiger partial charge in [0.2, 0.25) is 0 Å². The third kappa shape index (κ3) is 1.48. The Bertz CT molecular complexity index is 262. The highest BCUT2D eigenvalue weighted by Crippen LogP contribution is 2.39. The number of allylic oxidation sites excluding steroid dienone is 3. The number of rotatable bonds is 2. The maximum absolute atomic E-state index is 11.8. The van der Waals surface area contributed by atoms with E-state index in [0.717, 1.165) is 18.4 Å². The van der Waals surface area contributed by atoms with E-state index >= 15 is 0 Å². The average molecular weight is 176 g/mol. The second kappa shape index (κ2) is 3.49. The van der Waals surface area contributed by atoms with Crippen LogP contribution in [0, 0.1) is 11.8 Å². The zero-order valence-electron chi connectivity index (χ0n) is 7.96. The molecule has 0 aromatic heterocycles. The van der Waals surface area contributed by atoms with Crippen molar-refractivity contribution < 1.29 is 4.79 Å². The molecule has 1 fully saturated rings. The molecule has 0 spiro atoms. The van der Waals surface area contributed by atoms with Gasteiger partial charge in [0.25, 0.3) is 0 Å². The summed E-state index contributed by atoms with van der Waals surface area (Å²) in [6.45, 7) is 3.68. The Hall–Kier alpha value is -0.850. The summed E-state index contributed by atoms with van der Waals surface area (Å²) in [5.74, 6) is 1.31. The molecule has 70 valence electrons. The molecule has 1 nitrogen and oxygen atoms in total. The first-order valence-electron chi connectivity index (χ1n) is 5.18. The third-order valence-electron chi connectivity index (χ3n) is 3.25. The van der Waals surface area contributed by atoms with Gasteiger partial charge in [-0.1, -0.05) is 25.0 Å². The summed E-state index contributed by atoms with van der Waals surface area (Å²) >= 11 is 0. The molecule has 0 amide bonds. The van der Waals surface area contributed by atoms with Crippen molar-refractivity contribution in [2.75, 3.05) is 0 Å². The quantitative estimate of drug-likeness (QED) is 0.591. The lowest BCUT2D eigenvalue weighted by molar-refractivity contribution is -0.120. The molecule has 0 bridgehead atoms. The number of carbonyl (C=O) groups excluding carboxylic acids is 1. The summed E-state index contributed by atoms with van der Waals surface area (Å²) in [7, 11) is 0. The van der Waals surface area contributed by atoms with Crippen LogP contribution in [0.3, 0.4) is 0 Å². The summed E-state index contributed by atoms with van der Waals surface area (Å²) in [6.07, 6.45) is 9.67. The van der Waals surface area contributed by atoms with Crippen molar-refractivity contribution in [3.05, 3.63) is 24.3 Å². The van der Waals surface area contributed by atoms with Crippen LogP contribution in [0.5, 0.6) is 0 Å². The normalized spacial score (nSPS) is 32.6. The van der Waals surface area contributed by atoms with Crippen LogP contribution in [0.2, 0.25) is 0 Å². The standard InChI is InChI=1S/C12H16O/c1-2-5-10-8-9-6-3-4-7-11(9)12(10)13/h2,8-9,11H,1,3-7H2/t9-,11-/m0/s1. The minimum atomic E-state index is 0.337. The Kier molecular flexibility index (Phi) is 2.34. The molecule has 0 radical (unpaired) electrons. The molecule has 2 aliphatic carbocycles. The monoisotopic (exact) mass is 176 g/mol. The summed E-state index contributed by atoms with van der Waals surface area (Å²) in [6, 6.07) is 0. The van der Waals surface area contributed by atoms with Crippen molar-refractivity contribution in [1.29, 1.82) is 0 Å². The highest BCUT2D eigenvalue weighted by atomic mass is 16.1. The maximum Gasteiger partial charge on any atom is 0.162 e. The van der Waals surface area contributed by atoms with Gasteiger partial charge >= 0.3 is 0 Å². The minimum absolute atomic E-state index is 0.337. The van der Waals surface area contributed by atoms with E-state index < -0.39 is 0 Å². The molecule has 0 N–H and O–H groups in total. The molecule has 0 saturated heterocycles. The maximum atomic E-state index is 11.8. The zero-order valence-corrected chi connectivity index (χ0v) is 7.96. The summed E-state index contributed by atoms with van der Waals surface area (Å²) in [5.41, 5.74) is 1.02. The van der Waals surface area contributed by atoms with Crippen molar-refractivity contribution in [2.24, 2.45) is 11.8 Å². The molecular formula is C12H16O. The minimum Gasteiger partial charge on any atom is -0.294 e. The first kappa shape index (κ1) is 8.74. The number of carbonyl (C=O) groups is 1. The molecule has 2 rings (SSSR count). The predicted octanol–water partition coefficient (Wildman–Crippen LogP) is 2.88. The molecule has 0 aliphatic heterocycles. The second-order valence-electron chi connectivity index (χ2n) is 4.10. The molecule has 1 heteroatoms. The van der Waals surface area contributed by atoms with Crippen molar-refractivity contribution >= 4 is 5.78 Å². The van der Waals surface area contributed by atoms with E-state index in [1.165, 1.54) is 19.3 Å². The smallest absolute Gasteiger partial charge is 0.162 e. The lowest BCUT2D eigenvalue weighted by Gasteiger charge is -2.22. The summed E-state index contributed by atoms with van der Waals surface area (Å²) in [4.78, 5) is 11.8. The highest BCUT2D eigenvalue weighted by Gasteiger charge is 2.36. The zero-order chi connectivity index (χ0) is 9.26. The van der Waals surface area contributed by atoms with Crippen molar-refractivity contribution in [2.45, 2.75) is 32.1 Å². The van der Waals surface area contributed by atoms with Gasteiger partial charge in [-0.05, 0) is 30.8 Å². The summed E-state index contributed by atoms with van der Waals surface area (Å²) in [5, 5.41) is 0. The SMILES string of the molecule is C=CCC1=C[C@@H]2CCCC[C@@H]2C1=O. The fourth-order valence-electron chi connectivity index (χ4n) is 2.59. The average Bonchev–Trinajstić information content (AvgIpc) is 2.46. The van der Waals surface area contributed by atoms with E-state index in [2.05, 4.69) is 12.7 Å². The van der Waals surface area contributed by atoms with Crippen LogP contribution in [0.1, 0.15) is 32.1 Å². The third-order valence-corrected chi connectivity index (χ3v) is 3.25. The number of ketones is 1. The Labute approximate surface area is 79.5 Å². The lowest BCUT2D eigenvalue weighted by Crippen LogP contribution is -2.20. The van der Waals surface area contributed by atoms with E-state index in [4.69, 9.17) is 0 Å². The molecule has 0 unspecified atom stereocenters. The van der Waals surface area contributed by atoms with Crippen LogP contribution >= 0.6 is 0 Å². The first-order valence-corrected chi connectivity index (χ1v) is 5.18. The topological polar surface area (TPSA) is 17.1 Å². The molecule has 13 heavy (non-hydrogen) atoms. The predicted molar refractivity (Wildman–Crippen MR) is 53.4 cm³/mol. The molecule has 1 saturated carbocycles. The van der Waals surface area contributed by atoms with Gasteiger partial charge in [0, 0.05) is 5.92 Å². The fraction of sp³-hybridized carbons (Fsp3) is 0.583. The number of hydrogen-bond donors (Lipinski definition) is 0. The van der Waals surface area contributed by atoms with Gasteiger partial charge in [-0.25, -0.2) is 0 Å². The molecule has 0 aromatic carbocycles. The molecule has 0 heterocycles. The van der Waals surface area contributed by atoms with Gasteiger partial charge in [0.05, 0.1) is 0 Å². The van der Waals surface area contributed by atoms with Gasteiger partial charge in [0.15, 0.2) is 5.78 Å². The largest absolute Gasteiger partial charge is 0.294 e. The molecular weight excluding hydrogens is 160 g/mol. The van der Waals surface area contributed by atoms with Crippen LogP contribution in [0.15, 0.2) is 24.3 Å². The van der Waals surface area contributed by atoms with E-state index in [-0.39, 0.29) is 0 Å². The number of fused-ring (bicyclic) bond motifs is 1. The van der Waals surface area contributed by atoms with Crippen LogP contribution in [0.4, 0.5) is 0 Å².